The van der Waals surface area contributed by atoms with Gasteiger partial charge in [0.1, 0.15) is 10.7 Å². The van der Waals surface area contributed by atoms with Crippen molar-refractivity contribution >= 4 is 15.9 Å². The first-order valence-corrected chi connectivity index (χ1v) is 10.1. The van der Waals surface area contributed by atoms with Crippen LogP contribution in [0.25, 0.3) is 0 Å². The molecule has 140 valence electrons. The lowest BCUT2D eigenvalue weighted by atomic mass is 10.1. The van der Waals surface area contributed by atoms with E-state index in [1.807, 2.05) is 0 Å². The van der Waals surface area contributed by atoms with Crippen LogP contribution in [-0.2, 0) is 16.4 Å². The van der Waals surface area contributed by atoms with Gasteiger partial charge in [0.2, 0.25) is 10.0 Å². The summed E-state index contributed by atoms with van der Waals surface area (Å²) in [6, 6.07) is 5.64. The quantitative estimate of drug-likeness (QED) is 0.819. The van der Waals surface area contributed by atoms with Crippen LogP contribution in [0.1, 0.15) is 41.0 Å². The molecule has 0 amide bonds. The van der Waals surface area contributed by atoms with E-state index in [1.54, 1.807) is 13.8 Å². The van der Waals surface area contributed by atoms with Crippen LogP contribution < -0.4 is 0 Å². The van der Waals surface area contributed by atoms with Gasteiger partial charge in [0, 0.05) is 13.1 Å². The van der Waals surface area contributed by atoms with Crippen molar-refractivity contribution in [2.75, 3.05) is 13.1 Å². The minimum Gasteiger partial charge on any atom is -0.272 e. The Kier molecular flexibility index (Phi) is 5.24. The number of nitrogens with zero attached hydrogens (tertiary/aromatic N) is 3. The van der Waals surface area contributed by atoms with E-state index in [9.17, 15) is 17.6 Å². The minimum absolute atomic E-state index is 0.0193. The second kappa shape index (κ2) is 7.28. The van der Waals surface area contributed by atoms with Gasteiger partial charge in [-0.3, -0.25) is 4.79 Å². The lowest BCUT2D eigenvalue weighted by molar-refractivity contribution is 0.0895. The monoisotopic (exact) mass is 379 g/mol. The molecule has 6 nitrogen and oxygen atoms in total. The molecule has 0 radical (unpaired) electrons. The van der Waals surface area contributed by atoms with Crippen LogP contribution in [0.2, 0.25) is 0 Å². The second-order valence-electron chi connectivity index (χ2n) is 6.57. The summed E-state index contributed by atoms with van der Waals surface area (Å²) in [5.74, 6) is -0.723. The van der Waals surface area contributed by atoms with E-state index in [4.69, 9.17) is 0 Å². The highest BCUT2D eigenvalue weighted by atomic mass is 32.2. The van der Waals surface area contributed by atoms with Gasteiger partial charge in [-0.25, -0.2) is 17.5 Å². The molecule has 0 saturated carbocycles. The molecule has 1 aliphatic heterocycles. The molecule has 1 fully saturated rings. The van der Waals surface area contributed by atoms with Gasteiger partial charge in [-0.1, -0.05) is 18.6 Å². The van der Waals surface area contributed by atoms with Crippen LogP contribution in [0.5, 0.6) is 0 Å². The molecule has 2 aromatic rings. The summed E-state index contributed by atoms with van der Waals surface area (Å²) in [7, 11) is -3.67. The highest BCUT2D eigenvalue weighted by Crippen LogP contribution is 2.26. The maximum Gasteiger partial charge on any atom is 0.251 e. The van der Waals surface area contributed by atoms with Gasteiger partial charge < -0.3 is 0 Å². The molecule has 0 unspecified atom stereocenters. The third kappa shape index (κ3) is 3.57. The van der Waals surface area contributed by atoms with Crippen LogP contribution in [0.4, 0.5) is 4.39 Å². The number of sulfonamides is 1. The number of benzene rings is 1. The first-order chi connectivity index (χ1) is 12.3. The van der Waals surface area contributed by atoms with E-state index in [2.05, 4.69) is 5.10 Å². The summed E-state index contributed by atoms with van der Waals surface area (Å²) >= 11 is 0. The molecule has 3 rings (SSSR count). The predicted molar refractivity (Wildman–Crippen MR) is 95.0 cm³/mol. The Morgan fingerprint density at radius 3 is 2.35 bits per heavy atom. The van der Waals surface area contributed by atoms with Gasteiger partial charge >= 0.3 is 0 Å². The summed E-state index contributed by atoms with van der Waals surface area (Å²) in [5, 5.41) is 4.17. The smallest absolute Gasteiger partial charge is 0.251 e. The lowest BCUT2D eigenvalue weighted by Crippen LogP contribution is -2.36. The molecule has 0 aliphatic carbocycles. The first-order valence-electron chi connectivity index (χ1n) is 8.64. The van der Waals surface area contributed by atoms with E-state index in [0.29, 0.717) is 30.0 Å². The molecule has 0 atom stereocenters. The van der Waals surface area contributed by atoms with E-state index in [-0.39, 0.29) is 23.0 Å². The van der Waals surface area contributed by atoms with Crippen molar-refractivity contribution in [2.45, 2.75) is 44.4 Å². The maximum atomic E-state index is 13.0. The fraction of sp³-hybridized carbons (Fsp3) is 0.444. The average molecular weight is 379 g/mol. The number of halogens is 1. The molecule has 0 spiro atoms. The Morgan fingerprint density at radius 1 is 1.12 bits per heavy atom. The van der Waals surface area contributed by atoms with Gasteiger partial charge in [0.15, 0.2) is 0 Å². The van der Waals surface area contributed by atoms with Gasteiger partial charge in [-0.2, -0.15) is 9.40 Å². The van der Waals surface area contributed by atoms with Crippen molar-refractivity contribution in [1.29, 1.82) is 0 Å². The highest BCUT2D eigenvalue weighted by Gasteiger charge is 2.32. The summed E-state index contributed by atoms with van der Waals surface area (Å²) in [6.45, 7) is 4.19. The van der Waals surface area contributed by atoms with Crippen molar-refractivity contribution in [3.05, 3.63) is 47.0 Å². The number of hydrogen-bond donors (Lipinski definition) is 0. The minimum atomic E-state index is -3.67. The highest BCUT2D eigenvalue weighted by molar-refractivity contribution is 7.89. The fourth-order valence-corrected chi connectivity index (χ4v) is 5.20. The molecular formula is C18H22FN3O3S. The van der Waals surface area contributed by atoms with Crippen molar-refractivity contribution in [2.24, 2.45) is 0 Å². The molecule has 1 aliphatic rings. The standard InChI is InChI=1S/C18H22FN3O3S/c1-13-18(26(24,25)21-10-4-3-5-11-21)14(2)22(20-13)17(23)12-15-6-8-16(19)9-7-15/h6-9H,3-5,10-12H2,1-2H3. The van der Waals surface area contributed by atoms with E-state index < -0.39 is 10.0 Å². The Morgan fingerprint density at radius 2 is 1.73 bits per heavy atom. The van der Waals surface area contributed by atoms with Gasteiger partial charge in [0.25, 0.3) is 5.91 Å². The molecule has 1 aromatic heterocycles. The maximum absolute atomic E-state index is 13.0. The second-order valence-corrected chi connectivity index (χ2v) is 8.45. The number of carbonyl (C=O) groups is 1. The van der Waals surface area contributed by atoms with Gasteiger partial charge in [-0.15, -0.1) is 0 Å². The summed E-state index contributed by atoms with van der Waals surface area (Å²) in [6.07, 6.45) is 2.73. The molecule has 2 heterocycles. The van der Waals surface area contributed by atoms with E-state index in [0.717, 1.165) is 23.9 Å². The normalized spacial score (nSPS) is 16.0. The molecule has 1 saturated heterocycles. The number of rotatable bonds is 4. The van der Waals surface area contributed by atoms with E-state index in [1.165, 1.54) is 28.6 Å². The SMILES string of the molecule is Cc1nn(C(=O)Cc2ccc(F)cc2)c(C)c1S(=O)(=O)N1CCCCC1. The van der Waals surface area contributed by atoms with Crippen molar-refractivity contribution in [3.63, 3.8) is 0 Å². The average Bonchev–Trinajstić information content (AvgIpc) is 2.93. The Bertz CT molecular complexity index is 914. The van der Waals surface area contributed by atoms with Crippen molar-refractivity contribution in [1.82, 2.24) is 14.1 Å². The lowest BCUT2D eigenvalue weighted by Gasteiger charge is -2.25. The van der Waals surface area contributed by atoms with Crippen molar-refractivity contribution < 1.29 is 17.6 Å². The molecule has 8 heteroatoms. The van der Waals surface area contributed by atoms with Crippen LogP contribution in [-0.4, -0.2) is 41.5 Å². The van der Waals surface area contributed by atoms with Gasteiger partial charge in [-0.05, 0) is 44.4 Å². The van der Waals surface area contributed by atoms with E-state index >= 15 is 0 Å². The molecule has 26 heavy (non-hydrogen) atoms. The van der Waals surface area contributed by atoms with Gasteiger partial charge in [0.05, 0.1) is 17.8 Å². The Labute approximate surface area is 152 Å². The number of piperidine rings is 1. The zero-order chi connectivity index (χ0) is 18.9. The zero-order valence-corrected chi connectivity index (χ0v) is 15.7. The summed E-state index contributed by atoms with van der Waals surface area (Å²) in [5.41, 5.74) is 1.28. The largest absolute Gasteiger partial charge is 0.272 e. The first kappa shape index (κ1) is 18.7. The number of aromatic nitrogens is 2. The topological polar surface area (TPSA) is 72.3 Å². The van der Waals surface area contributed by atoms with Crippen LogP contribution in [0, 0.1) is 19.7 Å². The van der Waals surface area contributed by atoms with Crippen LogP contribution in [0.15, 0.2) is 29.2 Å². The number of hydrogen-bond acceptors (Lipinski definition) is 4. The van der Waals surface area contributed by atoms with Crippen LogP contribution in [0.3, 0.4) is 0 Å². The predicted octanol–water partition coefficient (Wildman–Crippen LogP) is 2.70. The zero-order valence-electron chi connectivity index (χ0n) is 14.9. The van der Waals surface area contributed by atoms with Crippen LogP contribution >= 0.6 is 0 Å². The molecular weight excluding hydrogens is 357 g/mol. The molecule has 0 bridgehead atoms. The Hall–Kier alpha value is -2.06. The number of carbonyl (C=O) groups excluding carboxylic acids is 1. The number of aryl methyl sites for hydroxylation is 1. The molecule has 1 aromatic carbocycles. The van der Waals surface area contributed by atoms with Crippen molar-refractivity contribution in [3.8, 4) is 0 Å². The fourth-order valence-electron chi connectivity index (χ4n) is 3.33. The Balaban J connectivity index is 1.89. The molecule has 0 N–H and O–H groups in total. The third-order valence-electron chi connectivity index (χ3n) is 4.64. The third-order valence-corrected chi connectivity index (χ3v) is 6.79. The summed E-state index contributed by atoms with van der Waals surface area (Å²) < 4.78 is 41.6. The summed E-state index contributed by atoms with van der Waals surface area (Å²) in [4.78, 5) is 12.7.